The molecule has 0 radical (unpaired) electrons. The van der Waals surface area contributed by atoms with Gasteiger partial charge in [-0.3, -0.25) is 9.59 Å². The molecular weight excluding hydrogens is 432 g/mol. The number of halogens is 1. The summed E-state index contributed by atoms with van der Waals surface area (Å²) in [4.78, 5) is 27.1. The van der Waals surface area contributed by atoms with E-state index in [-0.39, 0.29) is 18.4 Å². The van der Waals surface area contributed by atoms with Gasteiger partial charge in [-0.05, 0) is 64.5 Å². The number of ether oxygens (including phenoxy) is 1. The summed E-state index contributed by atoms with van der Waals surface area (Å²) in [7, 11) is 1.59. The number of aryl methyl sites for hydroxylation is 2. The molecule has 0 saturated heterocycles. The zero-order valence-corrected chi connectivity index (χ0v) is 19.1. The van der Waals surface area contributed by atoms with E-state index in [0.29, 0.717) is 18.7 Å². The minimum atomic E-state index is -0.554. The SMILES string of the molecule is CCc1ccc(OCC(=O)N(Cc2ccccc2C)C(CC)C(=O)NC)c(Br)c1. The molecule has 0 aliphatic rings. The van der Waals surface area contributed by atoms with Crippen LogP contribution in [0.15, 0.2) is 46.9 Å². The smallest absolute Gasteiger partial charge is 0.261 e. The minimum absolute atomic E-state index is 0.135. The molecule has 29 heavy (non-hydrogen) atoms. The molecule has 6 heteroatoms. The number of nitrogens with zero attached hydrogens (tertiary/aromatic N) is 1. The molecular formula is C23H29BrN2O3. The lowest BCUT2D eigenvalue weighted by atomic mass is 10.1. The predicted molar refractivity (Wildman–Crippen MR) is 119 cm³/mol. The topological polar surface area (TPSA) is 58.6 Å². The van der Waals surface area contributed by atoms with Gasteiger partial charge in [-0.2, -0.15) is 0 Å². The number of benzene rings is 2. The van der Waals surface area contributed by atoms with Gasteiger partial charge in [0.1, 0.15) is 11.8 Å². The van der Waals surface area contributed by atoms with Crippen molar-refractivity contribution in [1.82, 2.24) is 10.2 Å². The number of amides is 2. The Morgan fingerprint density at radius 1 is 1.17 bits per heavy atom. The highest BCUT2D eigenvalue weighted by Gasteiger charge is 2.28. The third-order valence-corrected chi connectivity index (χ3v) is 5.61. The van der Waals surface area contributed by atoms with Crippen molar-refractivity contribution < 1.29 is 14.3 Å². The Morgan fingerprint density at radius 2 is 1.90 bits per heavy atom. The Bertz CT molecular complexity index is 854. The molecule has 0 fully saturated rings. The summed E-state index contributed by atoms with van der Waals surface area (Å²) in [5.41, 5.74) is 3.27. The van der Waals surface area contributed by atoms with Gasteiger partial charge in [-0.15, -0.1) is 0 Å². The van der Waals surface area contributed by atoms with E-state index in [9.17, 15) is 9.59 Å². The lowest BCUT2D eigenvalue weighted by Crippen LogP contribution is -2.49. The average molecular weight is 461 g/mol. The van der Waals surface area contributed by atoms with Crippen molar-refractivity contribution in [3.05, 3.63) is 63.6 Å². The first-order valence-corrected chi connectivity index (χ1v) is 10.7. The van der Waals surface area contributed by atoms with Crippen LogP contribution in [0.1, 0.15) is 37.0 Å². The van der Waals surface area contributed by atoms with Gasteiger partial charge in [0.05, 0.1) is 4.47 Å². The second kappa shape index (κ2) is 11.0. The first-order chi connectivity index (χ1) is 13.9. The second-order valence-corrected chi connectivity index (χ2v) is 7.75. The maximum Gasteiger partial charge on any atom is 0.261 e. The van der Waals surface area contributed by atoms with Crippen molar-refractivity contribution in [2.45, 2.75) is 46.2 Å². The number of nitrogens with one attached hydrogen (secondary N) is 1. The van der Waals surface area contributed by atoms with E-state index >= 15 is 0 Å². The highest BCUT2D eigenvalue weighted by Crippen LogP contribution is 2.26. The highest BCUT2D eigenvalue weighted by molar-refractivity contribution is 9.10. The number of likely N-dealkylation sites (N-methyl/N-ethyl adjacent to an activating group) is 1. The fraction of sp³-hybridized carbons (Fsp3) is 0.391. The van der Waals surface area contributed by atoms with E-state index in [1.165, 1.54) is 5.56 Å². The monoisotopic (exact) mass is 460 g/mol. The Kier molecular flexibility index (Phi) is 8.70. The van der Waals surface area contributed by atoms with Crippen LogP contribution < -0.4 is 10.1 Å². The summed E-state index contributed by atoms with van der Waals surface area (Å²) in [5, 5.41) is 2.67. The number of hydrogen-bond acceptors (Lipinski definition) is 3. The normalized spacial score (nSPS) is 11.6. The van der Waals surface area contributed by atoms with E-state index < -0.39 is 6.04 Å². The van der Waals surface area contributed by atoms with Gasteiger partial charge in [-0.1, -0.05) is 44.2 Å². The summed E-state index contributed by atoms with van der Waals surface area (Å²) in [5.74, 6) is 0.206. The lowest BCUT2D eigenvalue weighted by Gasteiger charge is -2.30. The zero-order valence-electron chi connectivity index (χ0n) is 17.5. The van der Waals surface area contributed by atoms with Gasteiger partial charge in [0.2, 0.25) is 5.91 Å². The molecule has 0 aliphatic heterocycles. The van der Waals surface area contributed by atoms with Gasteiger partial charge in [-0.25, -0.2) is 0 Å². The van der Waals surface area contributed by atoms with Gasteiger partial charge in [0, 0.05) is 13.6 Å². The fourth-order valence-corrected chi connectivity index (χ4v) is 3.70. The summed E-state index contributed by atoms with van der Waals surface area (Å²) >= 11 is 3.50. The van der Waals surface area contributed by atoms with Crippen LogP contribution in [0.25, 0.3) is 0 Å². The van der Waals surface area contributed by atoms with Crippen LogP contribution in [0.4, 0.5) is 0 Å². The van der Waals surface area contributed by atoms with Crippen molar-refractivity contribution in [3.63, 3.8) is 0 Å². The van der Waals surface area contributed by atoms with Crippen LogP contribution in [-0.2, 0) is 22.6 Å². The number of hydrogen-bond donors (Lipinski definition) is 1. The van der Waals surface area contributed by atoms with E-state index in [2.05, 4.69) is 28.2 Å². The van der Waals surface area contributed by atoms with Crippen LogP contribution >= 0.6 is 15.9 Å². The summed E-state index contributed by atoms with van der Waals surface area (Å²) in [6.45, 7) is 6.21. The van der Waals surface area contributed by atoms with Crippen molar-refractivity contribution >= 4 is 27.7 Å². The molecule has 2 amide bonds. The van der Waals surface area contributed by atoms with Crippen LogP contribution in [0.5, 0.6) is 5.75 Å². The largest absolute Gasteiger partial charge is 0.483 e. The van der Waals surface area contributed by atoms with Crippen LogP contribution in [0.2, 0.25) is 0 Å². The highest BCUT2D eigenvalue weighted by atomic mass is 79.9. The van der Waals surface area contributed by atoms with E-state index in [4.69, 9.17) is 4.74 Å². The maximum absolute atomic E-state index is 13.1. The number of carbonyl (C=O) groups is 2. The zero-order chi connectivity index (χ0) is 21.4. The number of rotatable bonds is 9. The molecule has 2 rings (SSSR count). The molecule has 0 saturated carbocycles. The molecule has 1 atom stereocenters. The molecule has 0 spiro atoms. The molecule has 5 nitrogen and oxygen atoms in total. The number of carbonyl (C=O) groups excluding carboxylic acids is 2. The maximum atomic E-state index is 13.1. The average Bonchev–Trinajstić information content (AvgIpc) is 2.73. The summed E-state index contributed by atoms with van der Waals surface area (Å²) in [6.07, 6.45) is 1.44. The van der Waals surface area contributed by atoms with Crippen molar-refractivity contribution in [3.8, 4) is 5.75 Å². The third-order valence-electron chi connectivity index (χ3n) is 4.99. The van der Waals surface area contributed by atoms with Crippen LogP contribution in [0.3, 0.4) is 0 Å². The van der Waals surface area contributed by atoms with Crippen LogP contribution in [0, 0.1) is 6.92 Å². The van der Waals surface area contributed by atoms with E-state index in [0.717, 1.165) is 22.0 Å². The van der Waals surface area contributed by atoms with Gasteiger partial charge >= 0.3 is 0 Å². The summed E-state index contributed by atoms with van der Waals surface area (Å²) in [6, 6.07) is 13.2. The predicted octanol–water partition coefficient (Wildman–Crippen LogP) is 4.25. The van der Waals surface area contributed by atoms with Crippen LogP contribution in [-0.4, -0.2) is 36.4 Å². The molecule has 2 aromatic carbocycles. The summed E-state index contributed by atoms with van der Waals surface area (Å²) < 4.78 is 6.60. The Morgan fingerprint density at radius 3 is 2.48 bits per heavy atom. The van der Waals surface area contributed by atoms with Gasteiger partial charge in [0.25, 0.3) is 5.91 Å². The minimum Gasteiger partial charge on any atom is -0.483 e. The van der Waals surface area contributed by atoms with Gasteiger partial charge < -0.3 is 15.0 Å². The molecule has 2 aromatic rings. The molecule has 156 valence electrons. The first kappa shape index (κ1) is 22.9. The molecule has 0 heterocycles. The van der Waals surface area contributed by atoms with E-state index in [1.807, 2.05) is 56.3 Å². The fourth-order valence-electron chi connectivity index (χ4n) is 3.16. The molecule has 0 aromatic heterocycles. The molecule has 1 N–H and O–H groups in total. The molecule has 0 aliphatic carbocycles. The quantitative estimate of drug-likeness (QED) is 0.608. The van der Waals surface area contributed by atoms with E-state index in [1.54, 1.807) is 11.9 Å². The Labute approximate surface area is 181 Å². The van der Waals surface area contributed by atoms with Crippen molar-refractivity contribution in [2.75, 3.05) is 13.7 Å². The molecule has 0 bridgehead atoms. The standard InChI is InChI=1S/C23H29BrN2O3/c1-5-17-11-12-21(19(24)13-17)29-15-22(27)26(20(6-2)23(28)25-4)14-18-10-8-7-9-16(18)3/h7-13,20H,5-6,14-15H2,1-4H3,(H,25,28). The lowest BCUT2D eigenvalue weighted by molar-refractivity contribution is -0.142. The Hall–Kier alpha value is -2.34. The van der Waals surface area contributed by atoms with Crippen molar-refractivity contribution in [1.29, 1.82) is 0 Å². The van der Waals surface area contributed by atoms with Gasteiger partial charge in [0.15, 0.2) is 6.61 Å². The first-order valence-electron chi connectivity index (χ1n) is 9.88. The Balaban J connectivity index is 2.21. The second-order valence-electron chi connectivity index (χ2n) is 6.89. The molecule has 1 unspecified atom stereocenters. The van der Waals surface area contributed by atoms with Crippen molar-refractivity contribution in [2.24, 2.45) is 0 Å². The third kappa shape index (κ3) is 6.07.